The first-order valence-corrected chi connectivity index (χ1v) is 5.55. The van der Waals surface area contributed by atoms with Crippen LogP contribution in [0.2, 0.25) is 0 Å². The van der Waals surface area contributed by atoms with Gasteiger partial charge in [0.2, 0.25) is 5.79 Å². The first kappa shape index (κ1) is 10.9. The van der Waals surface area contributed by atoms with Crippen LogP contribution in [0, 0.1) is 0 Å². The zero-order chi connectivity index (χ0) is 12.1. The van der Waals surface area contributed by atoms with E-state index in [0.717, 1.165) is 11.1 Å². The largest absolute Gasteiger partial charge is 0.390 e. The van der Waals surface area contributed by atoms with E-state index in [2.05, 4.69) is 0 Å². The fourth-order valence-electron chi connectivity index (χ4n) is 2.46. The van der Waals surface area contributed by atoms with Gasteiger partial charge in [0.25, 0.3) is 0 Å². The summed E-state index contributed by atoms with van der Waals surface area (Å²) in [5, 5.41) is 9.96. The minimum atomic E-state index is -0.993. The smallest absolute Gasteiger partial charge is 0.247 e. The Balaban J connectivity index is 2.27. The van der Waals surface area contributed by atoms with Crippen LogP contribution in [0.15, 0.2) is 36.4 Å². The highest BCUT2D eigenvalue weighted by atomic mass is 17.2. The second-order valence-electron chi connectivity index (χ2n) is 4.39. The van der Waals surface area contributed by atoms with Crippen LogP contribution >= 0.6 is 0 Å². The molecule has 4 heteroatoms. The highest BCUT2D eigenvalue weighted by Gasteiger charge is 2.54. The SMILES string of the molecule is CO[C@]12C=C[C@]([C@H](C)O)(OO1)c1ccccc12. The summed E-state index contributed by atoms with van der Waals surface area (Å²) in [6, 6.07) is 7.65. The average Bonchev–Trinajstić information content (AvgIpc) is 2.40. The third-order valence-corrected chi connectivity index (χ3v) is 3.50. The molecular weight excluding hydrogens is 220 g/mol. The van der Waals surface area contributed by atoms with Crippen molar-refractivity contribution >= 4 is 0 Å². The standard InChI is InChI=1S/C13H14O4/c1-9(14)12-7-8-13(15-2,17-16-12)11-6-4-3-5-10(11)12/h3-9,14H,1-2H3/t9-,12+,13+/m0/s1. The van der Waals surface area contributed by atoms with Gasteiger partial charge in [0, 0.05) is 18.2 Å². The maximum absolute atomic E-state index is 9.96. The van der Waals surface area contributed by atoms with Crippen LogP contribution in [-0.2, 0) is 25.9 Å². The van der Waals surface area contributed by atoms with Crippen molar-refractivity contribution in [1.82, 2.24) is 0 Å². The monoisotopic (exact) mass is 234 g/mol. The van der Waals surface area contributed by atoms with Crippen molar-refractivity contribution < 1.29 is 19.6 Å². The van der Waals surface area contributed by atoms with Crippen LogP contribution in [0.3, 0.4) is 0 Å². The second kappa shape index (κ2) is 3.40. The molecule has 3 atom stereocenters. The maximum Gasteiger partial charge on any atom is 0.247 e. The molecule has 2 heterocycles. The molecule has 4 rings (SSSR count). The van der Waals surface area contributed by atoms with Gasteiger partial charge in [-0.3, -0.25) is 0 Å². The van der Waals surface area contributed by atoms with Crippen LogP contribution < -0.4 is 0 Å². The Labute approximate surface area is 99.3 Å². The van der Waals surface area contributed by atoms with E-state index in [9.17, 15) is 5.11 Å². The number of hydrogen-bond donors (Lipinski definition) is 1. The fourth-order valence-corrected chi connectivity index (χ4v) is 2.46. The molecule has 1 N–H and O–H groups in total. The van der Waals surface area contributed by atoms with Crippen molar-refractivity contribution in [3.8, 4) is 0 Å². The molecule has 0 aromatic heterocycles. The average molecular weight is 234 g/mol. The number of benzene rings is 1. The van der Waals surface area contributed by atoms with Gasteiger partial charge in [-0.15, -0.1) is 0 Å². The van der Waals surface area contributed by atoms with E-state index in [1.807, 2.05) is 24.3 Å². The molecule has 90 valence electrons. The molecule has 1 aromatic rings. The second-order valence-corrected chi connectivity index (χ2v) is 4.39. The van der Waals surface area contributed by atoms with E-state index in [0.29, 0.717) is 0 Å². The summed E-state index contributed by atoms with van der Waals surface area (Å²) < 4.78 is 5.40. The Morgan fingerprint density at radius 2 is 1.88 bits per heavy atom. The number of fused-ring (bicyclic) bond motifs is 1. The van der Waals surface area contributed by atoms with Gasteiger partial charge in [-0.2, -0.15) is 4.89 Å². The molecule has 0 spiro atoms. The van der Waals surface area contributed by atoms with Crippen LogP contribution in [0.4, 0.5) is 0 Å². The third-order valence-electron chi connectivity index (χ3n) is 3.50. The third kappa shape index (κ3) is 1.21. The molecule has 0 amide bonds. The van der Waals surface area contributed by atoms with E-state index in [-0.39, 0.29) is 0 Å². The fraction of sp³-hybridized carbons (Fsp3) is 0.385. The van der Waals surface area contributed by atoms with Gasteiger partial charge < -0.3 is 9.84 Å². The first-order valence-electron chi connectivity index (χ1n) is 5.55. The molecule has 0 fully saturated rings. The summed E-state index contributed by atoms with van der Waals surface area (Å²) in [6.07, 6.45) is 2.87. The number of methoxy groups -OCH3 is 1. The minimum Gasteiger partial charge on any atom is -0.390 e. The lowest BCUT2D eigenvalue weighted by Gasteiger charge is -2.48. The molecule has 1 aliphatic carbocycles. The van der Waals surface area contributed by atoms with Crippen LogP contribution in [-0.4, -0.2) is 18.3 Å². The topological polar surface area (TPSA) is 47.9 Å². The Kier molecular flexibility index (Phi) is 2.18. The van der Waals surface area contributed by atoms with Crippen molar-refractivity contribution in [1.29, 1.82) is 0 Å². The molecular formula is C13H14O4. The predicted molar refractivity (Wildman–Crippen MR) is 59.8 cm³/mol. The normalized spacial score (nSPS) is 35.7. The van der Waals surface area contributed by atoms with E-state index in [1.165, 1.54) is 0 Å². The Morgan fingerprint density at radius 1 is 1.18 bits per heavy atom. The Hall–Kier alpha value is -1.20. The molecule has 2 aliphatic heterocycles. The number of aliphatic hydroxyl groups excluding tert-OH is 1. The van der Waals surface area contributed by atoms with Crippen LogP contribution in [0.5, 0.6) is 0 Å². The maximum atomic E-state index is 9.96. The van der Waals surface area contributed by atoms with E-state index < -0.39 is 17.5 Å². The van der Waals surface area contributed by atoms with Gasteiger partial charge in [0.1, 0.15) is 0 Å². The van der Waals surface area contributed by atoms with E-state index >= 15 is 0 Å². The number of hydrogen-bond acceptors (Lipinski definition) is 4. The summed E-state index contributed by atoms with van der Waals surface area (Å²) >= 11 is 0. The lowest BCUT2D eigenvalue weighted by Crippen LogP contribution is -2.52. The zero-order valence-electron chi connectivity index (χ0n) is 9.71. The highest BCUT2D eigenvalue weighted by molar-refractivity contribution is 5.46. The van der Waals surface area contributed by atoms with Gasteiger partial charge in [-0.05, 0) is 19.1 Å². The first-order chi connectivity index (χ1) is 8.15. The van der Waals surface area contributed by atoms with Crippen molar-refractivity contribution in [2.45, 2.75) is 24.4 Å². The summed E-state index contributed by atoms with van der Waals surface area (Å²) in [5.41, 5.74) is 0.819. The van der Waals surface area contributed by atoms with Gasteiger partial charge in [-0.1, -0.05) is 24.3 Å². The quantitative estimate of drug-likeness (QED) is 0.623. The molecule has 0 unspecified atom stereocenters. The van der Waals surface area contributed by atoms with Crippen LogP contribution in [0.25, 0.3) is 0 Å². The lowest BCUT2D eigenvalue weighted by atomic mass is 9.77. The molecule has 0 radical (unpaired) electrons. The van der Waals surface area contributed by atoms with E-state index in [1.54, 1.807) is 26.2 Å². The minimum absolute atomic E-state index is 0.713. The number of ether oxygens (including phenoxy) is 1. The van der Waals surface area contributed by atoms with Crippen molar-refractivity contribution in [2.24, 2.45) is 0 Å². The lowest BCUT2D eigenvalue weighted by molar-refractivity contribution is -0.480. The van der Waals surface area contributed by atoms with Gasteiger partial charge >= 0.3 is 0 Å². The summed E-state index contributed by atoms with van der Waals surface area (Å²) in [6.45, 7) is 1.68. The Morgan fingerprint density at radius 3 is 2.41 bits per heavy atom. The van der Waals surface area contributed by atoms with Crippen LogP contribution in [0.1, 0.15) is 18.1 Å². The molecule has 1 aromatic carbocycles. The summed E-state index contributed by atoms with van der Waals surface area (Å²) in [5.74, 6) is -0.993. The number of aliphatic hydroxyl groups is 1. The van der Waals surface area contributed by atoms with Gasteiger partial charge in [0.05, 0.1) is 6.10 Å². The summed E-state index contributed by atoms with van der Waals surface area (Å²) in [4.78, 5) is 10.7. The molecule has 17 heavy (non-hydrogen) atoms. The van der Waals surface area contributed by atoms with Crippen molar-refractivity contribution in [3.63, 3.8) is 0 Å². The molecule has 4 nitrogen and oxygen atoms in total. The highest BCUT2D eigenvalue weighted by Crippen LogP contribution is 2.50. The number of rotatable bonds is 2. The molecule has 0 saturated heterocycles. The molecule has 3 aliphatic rings. The van der Waals surface area contributed by atoms with Gasteiger partial charge in [-0.25, -0.2) is 4.89 Å². The Bertz CT molecular complexity index is 482. The van der Waals surface area contributed by atoms with Crippen molar-refractivity contribution in [2.75, 3.05) is 7.11 Å². The zero-order valence-corrected chi connectivity index (χ0v) is 9.71. The molecule has 0 saturated carbocycles. The molecule has 2 bridgehead atoms. The van der Waals surface area contributed by atoms with E-state index in [4.69, 9.17) is 14.5 Å². The predicted octanol–water partition coefficient (Wildman–Crippen LogP) is 1.59. The van der Waals surface area contributed by atoms with Gasteiger partial charge in [0.15, 0.2) is 5.60 Å². The van der Waals surface area contributed by atoms with Crippen molar-refractivity contribution in [3.05, 3.63) is 47.5 Å². The summed E-state index contributed by atoms with van der Waals surface area (Å²) in [7, 11) is 1.56.